The van der Waals surface area contributed by atoms with Crippen LogP contribution < -0.4 is 9.18 Å². The number of benzene rings is 2. The number of sulfonamides is 1. The first-order chi connectivity index (χ1) is 11.0. The van der Waals surface area contributed by atoms with Crippen LogP contribution >= 0.6 is 0 Å². The maximum atomic E-state index is 12.4. The molecule has 0 saturated carbocycles. The van der Waals surface area contributed by atoms with Gasteiger partial charge in [-0.1, -0.05) is 0 Å². The molecule has 1 unspecified atom stereocenters. The van der Waals surface area contributed by atoms with Gasteiger partial charge in [0.15, 0.2) is 0 Å². The van der Waals surface area contributed by atoms with E-state index in [1.165, 1.54) is 4.46 Å². The number of allylic oxidation sites excluding steroid dienone is 1. The fourth-order valence-electron chi connectivity index (χ4n) is 2.05. The van der Waals surface area contributed by atoms with Gasteiger partial charge in [0.05, 0.1) is 0 Å². The summed E-state index contributed by atoms with van der Waals surface area (Å²) in [5.41, 5.74) is 1.04. The van der Waals surface area contributed by atoms with Gasteiger partial charge in [-0.15, -0.1) is 0 Å². The van der Waals surface area contributed by atoms with Gasteiger partial charge in [0.25, 0.3) is 0 Å². The zero-order valence-corrected chi connectivity index (χ0v) is 15.6. The number of aryl methyl sites for hydroxylation is 1. The summed E-state index contributed by atoms with van der Waals surface area (Å²) in [6.45, 7) is 6.15. The maximum absolute atomic E-state index is 12.4. The molecule has 5 heteroatoms. The van der Waals surface area contributed by atoms with Crippen LogP contribution in [-0.2, 0) is 10.0 Å². The molecule has 0 bridgehead atoms. The van der Waals surface area contributed by atoms with Gasteiger partial charge in [-0.2, -0.15) is 0 Å². The average Bonchev–Trinajstić information content (AvgIpc) is 2.54. The van der Waals surface area contributed by atoms with Gasteiger partial charge >= 0.3 is 145 Å². The van der Waals surface area contributed by atoms with E-state index in [9.17, 15) is 8.42 Å². The molecule has 0 fully saturated rings. The van der Waals surface area contributed by atoms with Crippen molar-refractivity contribution in [3.05, 3.63) is 72.8 Å². The second-order valence-electron chi connectivity index (χ2n) is 5.24. The van der Waals surface area contributed by atoms with Crippen LogP contribution in [-0.4, -0.2) is 29.9 Å². The van der Waals surface area contributed by atoms with Crippen molar-refractivity contribution in [1.29, 1.82) is 0 Å². The third kappa shape index (κ3) is 5.63. The van der Waals surface area contributed by atoms with Gasteiger partial charge in [0.1, 0.15) is 0 Å². The van der Waals surface area contributed by atoms with Crippen LogP contribution in [0.5, 0.6) is 0 Å². The number of rotatable bonds is 8. The first-order valence-electron chi connectivity index (χ1n) is 7.40. The Labute approximate surface area is 145 Å². The quantitative estimate of drug-likeness (QED) is 0.553. The average molecular weight is 394 g/mol. The van der Waals surface area contributed by atoms with Crippen molar-refractivity contribution in [2.24, 2.45) is 0 Å². The predicted molar refractivity (Wildman–Crippen MR) is 96.8 cm³/mol. The Balaban J connectivity index is 2.02. The molecule has 0 saturated heterocycles. The van der Waals surface area contributed by atoms with Crippen molar-refractivity contribution in [1.82, 2.24) is 4.72 Å². The molecule has 2 aromatic rings. The molecule has 0 aliphatic carbocycles. The van der Waals surface area contributed by atoms with Crippen molar-refractivity contribution in [2.75, 3.05) is 6.54 Å². The summed E-state index contributed by atoms with van der Waals surface area (Å²) in [5, 5.41) is 0. The van der Waals surface area contributed by atoms with Crippen molar-refractivity contribution < 1.29 is 8.42 Å². The topological polar surface area (TPSA) is 46.2 Å². The standard InChI is InChI=1S/C18H21NO2SSe/c1-3-7-18(23-17-8-5-4-6-9-17)14-19-22(20,21)16-12-10-15(2)11-13-16/h3-6,8-13,18-19H,1,7,14H2,2H3. The molecular formula is C18H21NO2SSe. The molecule has 2 rings (SSSR count). The van der Waals surface area contributed by atoms with E-state index in [1.54, 1.807) is 12.1 Å². The van der Waals surface area contributed by atoms with Gasteiger partial charge in [-0.25, -0.2) is 0 Å². The molecule has 0 radical (unpaired) electrons. The Bertz CT molecular complexity index is 727. The van der Waals surface area contributed by atoms with Gasteiger partial charge < -0.3 is 0 Å². The summed E-state index contributed by atoms with van der Waals surface area (Å²) in [6.07, 6.45) is 2.65. The first kappa shape index (κ1) is 18.0. The van der Waals surface area contributed by atoms with E-state index in [0.717, 1.165) is 12.0 Å². The van der Waals surface area contributed by atoms with E-state index < -0.39 is 10.0 Å². The van der Waals surface area contributed by atoms with E-state index >= 15 is 0 Å². The zero-order chi connectivity index (χ0) is 16.7. The number of hydrogen-bond acceptors (Lipinski definition) is 2. The Kier molecular flexibility index (Phi) is 6.60. The van der Waals surface area contributed by atoms with Crippen LogP contribution in [0, 0.1) is 6.92 Å². The zero-order valence-electron chi connectivity index (χ0n) is 13.1. The number of nitrogens with one attached hydrogen (secondary N) is 1. The Morgan fingerprint density at radius 1 is 1.13 bits per heavy atom. The third-order valence-corrected chi connectivity index (χ3v) is 7.34. The second-order valence-corrected chi connectivity index (χ2v) is 9.89. The van der Waals surface area contributed by atoms with Gasteiger partial charge in [-0.3, -0.25) is 0 Å². The third-order valence-electron chi connectivity index (χ3n) is 3.31. The molecule has 1 N–H and O–H groups in total. The monoisotopic (exact) mass is 395 g/mol. The van der Waals surface area contributed by atoms with E-state index in [0.29, 0.717) is 11.4 Å². The molecular weight excluding hydrogens is 373 g/mol. The molecule has 0 amide bonds. The molecule has 0 heterocycles. The molecule has 122 valence electrons. The van der Waals surface area contributed by atoms with E-state index in [1.807, 2.05) is 43.3 Å². The van der Waals surface area contributed by atoms with Crippen molar-refractivity contribution in [2.45, 2.75) is 23.1 Å². The van der Waals surface area contributed by atoms with E-state index in [4.69, 9.17) is 0 Å². The molecule has 0 aromatic heterocycles. The summed E-state index contributed by atoms with van der Waals surface area (Å²) < 4.78 is 28.8. The number of hydrogen-bond donors (Lipinski definition) is 1. The summed E-state index contributed by atoms with van der Waals surface area (Å²) in [7, 11) is -3.46. The van der Waals surface area contributed by atoms with Crippen LogP contribution in [0.15, 0.2) is 72.1 Å². The van der Waals surface area contributed by atoms with Crippen molar-refractivity contribution in [3.63, 3.8) is 0 Å². The van der Waals surface area contributed by atoms with Crippen molar-refractivity contribution in [3.8, 4) is 0 Å². The van der Waals surface area contributed by atoms with Crippen LogP contribution in [0.25, 0.3) is 0 Å². The molecule has 0 aliphatic heterocycles. The molecule has 2 aromatic carbocycles. The Hall–Kier alpha value is -1.39. The first-order valence-corrected chi connectivity index (χ1v) is 10.7. The van der Waals surface area contributed by atoms with Crippen LogP contribution in [0.3, 0.4) is 0 Å². The fourth-order valence-corrected chi connectivity index (χ4v) is 5.68. The summed E-state index contributed by atoms with van der Waals surface area (Å²) in [5.74, 6) is 0. The van der Waals surface area contributed by atoms with Gasteiger partial charge in [0, 0.05) is 0 Å². The normalized spacial score (nSPS) is 12.7. The van der Waals surface area contributed by atoms with Crippen molar-refractivity contribution >= 4 is 29.4 Å². The fraction of sp³-hybridized carbons (Fsp3) is 0.222. The molecule has 0 spiro atoms. The Morgan fingerprint density at radius 2 is 1.78 bits per heavy atom. The van der Waals surface area contributed by atoms with Crippen LogP contribution in [0.2, 0.25) is 4.82 Å². The predicted octanol–water partition coefficient (Wildman–Crippen LogP) is 2.67. The van der Waals surface area contributed by atoms with Gasteiger partial charge in [0.2, 0.25) is 0 Å². The molecule has 3 nitrogen and oxygen atoms in total. The van der Waals surface area contributed by atoms with E-state index in [-0.39, 0.29) is 19.8 Å². The Morgan fingerprint density at radius 3 is 2.39 bits per heavy atom. The molecule has 1 atom stereocenters. The minimum atomic E-state index is -3.46. The SMILES string of the molecule is C=CCC(CNS(=O)(=O)c1ccc(C)cc1)[Se]c1ccccc1. The second kappa shape index (κ2) is 8.46. The summed E-state index contributed by atoms with van der Waals surface area (Å²) in [4.78, 5) is 0.565. The van der Waals surface area contributed by atoms with Crippen LogP contribution in [0.1, 0.15) is 12.0 Å². The summed E-state index contributed by atoms with van der Waals surface area (Å²) in [6, 6.07) is 17.1. The van der Waals surface area contributed by atoms with Crippen LogP contribution in [0.4, 0.5) is 0 Å². The summed E-state index contributed by atoms with van der Waals surface area (Å²) >= 11 is 0.200. The molecule has 23 heavy (non-hydrogen) atoms. The van der Waals surface area contributed by atoms with Gasteiger partial charge in [-0.05, 0) is 0 Å². The minimum absolute atomic E-state index is 0.200. The van der Waals surface area contributed by atoms with E-state index in [2.05, 4.69) is 23.4 Å². The molecule has 0 aliphatic rings.